The highest BCUT2D eigenvalue weighted by Crippen LogP contribution is 2.51. The van der Waals surface area contributed by atoms with Gasteiger partial charge in [-0.1, -0.05) is 24.3 Å². The van der Waals surface area contributed by atoms with Crippen molar-refractivity contribution in [3.63, 3.8) is 0 Å². The molecule has 2 aromatic carbocycles. The van der Waals surface area contributed by atoms with Crippen molar-refractivity contribution in [2.24, 2.45) is 0 Å². The molecule has 0 saturated heterocycles. The van der Waals surface area contributed by atoms with Crippen LogP contribution in [0.4, 0.5) is 8.78 Å². The van der Waals surface area contributed by atoms with Crippen LogP contribution in [0.2, 0.25) is 0 Å². The predicted octanol–water partition coefficient (Wildman–Crippen LogP) is 6.28. The number of hydrogen-bond donors (Lipinski definition) is 0. The molecule has 0 bridgehead atoms. The second-order valence-electron chi connectivity index (χ2n) is 7.16. The molecule has 162 valence electrons. The maximum Gasteiger partial charge on any atom is 0.335 e. The molecule has 0 radical (unpaired) electrons. The molecule has 0 atom stereocenters. The maximum absolute atomic E-state index is 14.0. The van der Waals surface area contributed by atoms with Gasteiger partial charge in [-0.05, 0) is 43.2 Å². The number of fused-ring (bicyclic) bond motifs is 3. The molecule has 2 aromatic heterocycles. The van der Waals surface area contributed by atoms with Gasteiger partial charge in [0.1, 0.15) is 0 Å². The molecule has 0 aliphatic rings. The van der Waals surface area contributed by atoms with E-state index in [1.807, 2.05) is 34.9 Å². The Balaban J connectivity index is 1.67. The Morgan fingerprint density at radius 2 is 1.58 bits per heavy atom. The third-order valence-corrected chi connectivity index (χ3v) is 7.11. The van der Waals surface area contributed by atoms with Gasteiger partial charge in [-0.2, -0.15) is 0 Å². The molecule has 4 aromatic rings. The van der Waals surface area contributed by atoms with Gasteiger partial charge in [0, 0.05) is 24.2 Å². The first-order valence-corrected chi connectivity index (χ1v) is 11.8. The van der Waals surface area contributed by atoms with E-state index in [0.717, 1.165) is 16.6 Å². The Morgan fingerprint density at radius 3 is 2.26 bits per heavy atom. The highest BCUT2D eigenvalue weighted by molar-refractivity contribution is 7.53. The largest absolute Gasteiger partial charge is 0.335 e. The number of halogens is 2. The zero-order chi connectivity index (χ0) is 22.0. The number of benzene rings is 2. The predicted molar refractivity (Wildman–Crippen MR) is 117 cm³/mol. The van der Waals surface area contributed by atoms with Crippen LogP contribution in [-0.4, -0.2) is 22.8 Å². The van der Waals surface area contributed by atoms with Gasteiger partial charge in [-0.15, -0.1) is 0 Å². The first kappa shape index (κ1) is 21.6. The Morgan fingerprint density at radius 1 is 0.935 bits per heavy atom. The van der Waals surface area contributed by atoms with Crippen LogP contribution in [0, 0.1) is 11.6 Å². The van der Waals surface area contributed by atoms with Crippen LogP contribution >= 0.6 is 7.60 Å². The third kappa shape index (κ3) is 4.40. The minimum Gasteiger partial charge on any atom is -0.335 e. The number of nitrogens with zero attached hydrogens (tertiary/aromatic N) is 2. The summed E-state index contributed by atoms with van der Waals surface area (Å²) in [5, 5.41) is 0.570. The molecule has 2 heterocycles. The number of aromatic nitrogens is 2. The van der Waals surface area contributed by atoms with E-state index < -0.39 is 19.2 Å². The second kappa shape index (κ2) is 8.87. The van der Waals surface area contributed by atoms with E-state index in [0.29, 0.717) is 36.2 Å². The van der Waals surface area contributed by atoms with Crippen molar-refractivity contribution >= 4 is 29.5 Å². The Kier molecular flexibility index (Phi) is 6.19. The van der Waals surface area contributed by atoms with Crippen LogP contribution in [0.5, 0.6) is 0 Å². The van der Waals surface area contributed by atoms with Crippen LogP contribution < -0.4 is 0 Å². The molecule has 0 unspecified atom stereocenters. The Hall–Kier alpha value is -2.60. The monoisotopic (exact) mass is 444 g/mol. The van der Waals surface area contributed by atoms with Crippen molar-refractivity contribution in [2.45, 2.75) is 26.6 Å². The summed E-state index contributed by atoms with van der Waals surface area (Å²) in [7, 11) is -3.18. The molecular formula is C23H23F2N2O3P. The van der Waals surface area contributed by atoms with E-state index in [-0.39, 0.29) is 6.16 Å². The van der Waals surface area contributed by atoms with E-state index in [2.05, 4.69) is 4.98 Å². The molecule has 0 spiro atoms. The molecule has 0 saturated carbocycles. The molecule has 8 heteroatoms. The van der Waals surface area contributed by atoms with Gasteiger partial charge >= 0.3 is 7.60 Å². The lowest BCUT2D eigenvalue weighted by Crippen LogP contribution is -2.01. The summed E-state index contributed by atoms with van der Waals surface area (Å²) in [6.45, 7) is 4.64. The highest BCUT2D eigenvalue weighted by atomic mass is 31.2. The smallest absolute Gasteiger partial charge is 0.335 e. The van der Waals surface area contributed by atoms with Gasteiger partial charge in [0.25, 0.3) is 0 Å². The van der Waals surface area contributed by atoms with E-state index in [1.54, 1.807) is 26.1 Å². The number of hydrogen-bond acceptors (Lipinski definition) is 4. The normalized spacial score (nSPS) is 12.1. The van der Waals surface area contributed by atoms with Gasteiger partial charge in [0.05, 0.1) is 35.9 Å². The van der Waals surface area contributed by atoms with Crippen molar-refractivity contribution in [3.05, 3.63) is 77.5 Å². The lowest BCUT2D eigenvalue weighted by Gasteiger charge is -2.17. The average molecular weight is 444 g/mol. The van der Waals surface area contributed by atoms with Crippen molar-refractivity contribution < 1.29 is 22.4 Å². The Labute approximate surface area is 179 Å². The molecule has 0 fully saturated rings. The Bertz CT molecular complexity index is 1260. The van der Waals surface area contributed by atoms with E-state index >= 15 is 0 Å². The van der Waals surface area contributed by atoms with E-state index in [9.17, 15) is 13.3 Å². The van der Waals surface area contributed by atoms with Gasteiger partial charge in [-0.3, -0.25) is 9.55 Å². The summed E-state index contributed by atoms with van der Waals surface area (Å²) in [5.74, 6) is -1.79. The van der Waals surface area contributed by atoms with E-state index in [1.165, 1.54) is 12.1 Å². The van der Waals surface area contributed by atoms with Crippen molar-refractivity contribution in [1.82, 2.24) is 9.55 Å². The summed E-state index contributed by atoms with van der Waals surface area (Å²) < 4.78 is 53.2. The summed E-state index contributed by atoms with van der Waals surface area (Å²) in [6.07, 6.45) is 1.83. The second-order valence-corrected chi connectivity index (χ2v) is 9.22. The zero-order valence-electron chi connectivity index (χ0n) is 17.3. The van der Waals surface area contributed by atoms with Crippen LogP contribution in [0.1, 0.15) is 25.0 Å². The minimum atomic E-state index is -3.18. The minimum absolute atomic E-state index is 0.193. The van der Waals surface area contributed by atoms with Gasteiger partial charge in [0.2, 0.25) is 0 Å². The fourth-order valence-electron chi connectivity index (χ4n) is 3.75. The molecule has 0 aliphatic heterocycles. The fraction of sp³-hybridized carbons (Fsp3) is 0.261. The molecule has 0 amide bonds. The maximum atomic E-state index is 14.0. The van der Waals surface area contributed by atoms with Gasteiger partial charge in [0.15, 0.2) is 11.6 Å². The fourth-order valence-corrected chi connectivity index (χ4v) is 5.45. The van der Waals surface area contributed by atoms with Crippen LogP contribution in [0.15, 0.2) is 54.7 Å². The summed E-state index contributed by atoms with van der Waals surface area (Å²) >= 11 is 0. The number of rotatable bonds is 8. The SMILES string of the molecule is CCOP(=O)(Cc1ccc(Cn2c3cc(F)c(F)cc3c3ncccc32)cc1)OCC. The lowest BCUT2D eigenvalue weighted by atomic mass is 10.1. The zero-order valence-corrected chi connectivity index (χ0v) is 18.2. The molecule has 0 aliphatic carbocycles. The van der Waals surface area contributed by atoms with Gasteiger partial charge in [-0.25, -0.2) is 8.78 Å². The highest BCUT2D eigenvalue weighted by Gasteiger charge is 2.24. The molecule has 5 nitrogen and oxygen atoms in total. The molecule has 31 heavy (non-hydrogen) atoms. The quantitative estimate of drug-likeness (QED) is 0.300. The van der Waals surface area contributed by atoms with Crippen LogP contribution in [0.3, 0.4) is 0 Å². The van der Waals surface area contributed by atoms with E-state index in [4.69, 9.17) is 9.05 Å². The molecule has 0 N–H and O–H groups in total. The van der Waals surface area contributed by atoms with Crippen LogP contribution in [0.25, 0.3) is 21.9 Å². The van der Waals surface area contributed by atoms with Gasteiger partial charge < -0.3 is 13.6 Å². The summed E-state index contributed by atoms with van der Waals surface area (Å²) in [6, 6.07) is 13.7. The molecular weight excluding hydrogens is 421 g/mol. The standard InChI is InChI=1S/C23H23F2N2O3P/c1-3-29-31(28,30-4-2)15-17-9-7-16(8-10-17)14-27-21-6-5-11-26-23(21)18-12-19(24)20(25)13-22(18)27/h5-13H,3-4,14-15H2,1-2H3. The van der Waals surface area contributed by atoms with Crippen molar-refractivity contribution in [1.29, 1.82) is 0 Å². The average Bonchev–Trinajstić information content (AvgIpc) is 3.03. The molecule has 4 rings (SSSR count). The third-order valence-electron chi connectivity index (χ3n) is 5.05. The van der Waals surface area contributed by atoms with Crippen LogP contribution in [-0.2, 0) is 26.3 Å². The topological polar surface area (TPSA) is 53.4 Å². The summed E-state index contributed by atoms with van der Waals surface area (Å²) in [4.78, 5) is 4.36. The van der Waals surface area contributed by atoms with Crippen molar-refractivity contribution in [2.75, 3.05) is 13.2 Å². The number of pyridine rings is 1. The first-order valence-electron chi connectivity index (χ1n) is 10.1. The first-order chi connectivity index (χ1) is 14.9. The lowest BCUT2D eigenvalue weighted by molar-refractivity contribution is 0.219. The van der Waals surface area contributed by atoms with Crippen molar-refractivity contribution in [3.8, 4) is 0 Å². The summed E-state index contributed by atoms with van der Waals surface area (Å²) in [5.41, 5.74) is 3.80.